The molecular formula is C12H17N7O. The minimum Gasteiger partial charge on any atom is -0.368 e. The molecule has 0 unspecified atom stereocenters. The molecule has 20 heavy (non-hydrogen) atoms. The van der Waals surface area contributed by atoms with E-state index >= 15 is 0 Å². The normalized spacial score (nSPS) is 15.5. The van der Waals surface area contributed by atoms with Crippen molar-refractivity contribution in [3.8, 4) is 0 Å². The minimum absolute atomic E-state index is 0.0783. The van der Waals surface area contributed by atoms with Crippen molar-refractivity contribution in [3.63, 3.8) is 0 Å². The van der Waals surface area contributed by atoms with Crippen molar-refractivity contribution in [3.05, 3.63) is 6.33 Å². The van der Waals surface area contributed by atoms with Crippen LogP contribution in [0.4, 0.5) is 11.8 Å². The van der Waals surface area contributed by atoms with Gasteiger partial charge in [0.05, 0.1) is 12.9 Å². The van der Waals surface area contributed by atoms with E-state index in [1.54, 1.807) is 0 Å². The van der Waals surface area contributed by atoms with Crippen molar-refractivity contribution in [2.45, 2.75) is 19.3 Å². The molecule has 1 aliphatic rings. The monoisotopic (exact) mass is 275 g/mol. The second-order valence-electron chi connectivity index (χ2n) is 4.83. The summed E-state index contributed by atoms with van der Waals surface area (Å²) in [7, 11) is 0. The number of carbonyl (C=O) groups excluding carboxylic acids is 1. The van der Waals surface area contributed by atoms with Gasteiger partial charge in [0, 0.05) is 13.1 Å². The smallest absolute Gasteiger partial charge is 0.241 e. The Morgan fingerprint density at radius 1 is 1.35 bits per heavy atom. The van der Waals surface area contributed by atoms with E-state index in [2.05, 4.69) is 25.3 Å². The van der Waals surface area contributed by atoms with Crippen LogP contribution in [0.25, 0.3) is 11.2 Å². The Kier molecular flexibility index (Phi) is 3.36. The lowest BCUT2D eigenvalue weighted by Gasteiger charge is -2.26. The van der Waals surface area contributed by atoms with Gasteiger partial charge in [0.2, 0.25) is 11.9 Å². The Morgan fingerprint density at radius 2 is 2.15 bits per heavy atom. The van der Waals surface area contributed by atoms with Gasteiger partial charge in [-0.2, -0.15) is 9.97 Å². The number of piperidine rings is 1. The van der Waals surface area contributed by atoms with Gasteiger partial charge in [0.25, 0.3) is 0 Å². The number of nitrogen functional groups attached to an aromatic ring is 1. The molecule has 8 nitrogen and oxygen atoms in total. The summed E-state index contributed by atoms with van der Waals surface area (Å²) in [6, 6.07) is 0. The second-order valence-corrected chi connectivity index (χ2v) is 4.83. The molecule has 2 aromatic heterocycles. The summed E-state index contributed by atoms with van der Waals surface area (Å²) in [6.07, 6.45) is 4.89. The summed E-state index contributed by atoms with van der Waals surface area (Å²) in [5.74, 6) is 0.724. The lowest BCUT2D eigenvalue weighted by molar-refractivity contribution is -0.130. The predicted molar refractivity (Wildman–Crippen MR) is 75.0 cm³/mol. The van der Waals surface area contributed by atoms with E-state index < -0.39 is 0 Å². The largest absolute Gasteiger partial charge is 0.368 e. The molecule has 3 heterocycles. The number of nitrogens with zero attached hydrogens (tertiary/aromatic N) is 4. The van der Waals surface area contributed by atoms with Crippen LogP contribution in [0.2, 0.25) is 0 Å². The van der Waals surface area contributed by atoms with Crippen molar-refractivity contribution in [2.24, 2.45) is 0 Å². The molecule has 0 aromatic carbocycles. The molecule has 0 aliphatic carbocycles. The van der Waals surface area contributed by atoms with E-state index in [1.807, 2.05) is 4.90 Å². The van der Waals surface area contributed by atoms with Gasteiger partial charge in [-0.3, -0.25) is 4.79 Å². The third-order valence-corrected chi connectivity index (χ3v) is 3.42. The highest BCUT2D eigenvalue weighted by Gasteiger charge is 2.17. The molecule has 1 fully saturated rings. The molecule has 0 atom stereocenters. The zero-order valence-corrected chi connectivity index (χ0v) is 11.1. The van der Waals surface area contributed by atoms with Gasteiger partial charge in [0.1, 0.15) is 5.52 Å². The van der Waals surface area contributed by atoms with Crippen LogP contribution >= 0.6 is 0 Å². The highest BCUT2D eigenvalue weighted by atomic mass is 16.2. The van der Waals surface area contributed by atoms with Gasteiger partial charge >= 0.3 is 0 Å². The standard InChI is InChI=1S/C12H17N7O/c13-12-17-10(9-11(18-12)16-7-15-9)14-6-8(20)19-4-2-1-3-5-19/h7H,1-6H2,(H4,13,14,15,16,17,18). The van der Waals surface area contributed by atoms with Crippen LogP contribution in [0, 0.1) is 0 Å². The molecule has 0 spiro atoms. The van der Waals surface area contributed by atoms with E-state index in [0.717, 1.165) is 25.9 Å². The molecule has 8 heteroatoms. The minimum atomic E-state index is 0.0783. The van der Waals surface area contributed by atoms with Gasteiger partial charge in [-0.05, 0) is 19.3 Å². The molecule has 1 saturated heterocycles. The van der Waals surface area contributed by atoms with Crippen molar-refractivity contribution in [1.29, 1.82) is 0 Å². The first-order chi connectivity index (χ1) is 9.74. The van der Waals surface area contributed by atoms with Crippen LogP contribution in [0.3, 0.4) is 0 Å². The fourth-order valence-electron chi connectivity index (χ4n) is 2.39. The number of aromatic nitrogens is 4. The number of aromatic amines is 1. The van der Waals surface area contributed by atoms with Crippen LogP contribution in [0.5, 0.6) is 0 Å². The van der Waals surface area contributed by atoms with Crippen LogP contribution in [0.1, 0.15) is 19.3 Å². The molecule has 1 aliphatic heterocycles. The number of nitrogens with two attached hydrogens (primary N) is 1. The summed E-state index contributed by atoms with van der Waals surface area (Å²) in [5, 5.41) is 3.02. The number of hydrogen-bond acceptors (Lipinski definition) is 6. The van der Waals surface area contributed by atoms with Gasteiger partial charge in [-0.1, -0.05) is 0 Å². The highest BCUT2D eigenvalue weighted by molar-refractivity contribution is 5.87. The van der Waals surface area contributed by atoms with E-state index in [4.69, 9.17) is 5.73 Å². The van der Waals surface area contributed by atoms with Crippen molar-refractivity contribution in [1.82, 2.24) is 24.8 Å². The zero-order chi connectivity index (χ0) is 13.9. The number of imidazole rings is 1. The number of amides is 1. The fourth-order valence-corrected chi connectivity index (χ4v) is 2.39. The lowest BCUT2D eigenvalue weighted by atomic mass is 10.1. The Balaban J connectivity index is 1.70. The van der Waals surface area contributed by atoms with Gasteiger partial charge in [-0.15, -0.1) is 0 Å². The average Bonchev–Trinajstić information content (AvgIpc) is 2.93. The molecule has 3 rings (SSSR count). The Hall–Kier alpha value is -2.38. The molecule has 0 bridgehead atoms. The summed E-state index contributed by atoms with van der Waals surface area (Å²) in [5.41, 5.74) is 6.77. The molecule has 2 aromatic rings. The third kappa shape index (κ3) is 2.49. The molecule has 1 amide bonds. The molecule has 0 radical (unpaired) electrons. The first-order valence-electron chi connectivity index (χ1n) is 6.72. The summed E-state index contributed by atoms with van der Waals surface area (Å²) in [6.45, 7) is 1.88. The van der Waals surface area contributed by atoms with Crippen LogP contribution in [-0.4, -0.2) is 50.4 Å². The Labute approximate surface area is 115 Å². The molecular weight excluding hydrogens is 258 g/mol. The van der Waals surface area contributed by atoms with Crippen molar-refractivity contribution in [2.75, 3.05) is 30.7 Å². The van der Waals surface area contributed by atoms with Crippen molar-refractivity contribution >= 4 is 28.8 Å². The maximum atomic E-state index is 12.1. The van der Waals surface area contributed by atoms with Gasteiger partial charge < -0.3 is 20.9 Å². The average molecular weight is 275 g/mol. The number of fused-ring (bicyclic) bond motifs is 1. The number of anilines is 2. The number of nitrogens with one attached hydrogen (secondary N) is 2. The fraction of sp³-hybridized carbons (Fsp3) is 0.500. The number of rotatable bonds is 3. The number of likely N-dealkylation sites (tertiary alicyclic amines) is 1. The maximum Gasteiger partial charge on any atom is 0.241 e. The quantitative estimate of drug-likeness (QED) is 0.745. The molecule has 106 valence electrons. The molecule has 0 saturated carbocycles. The van der Waals surface area contributed by atoms with Gasteiger partial charge in [-0.25, -0.2) is 4.98 Å². The van der Waals surface area contributed by atoms with Crippen LogP contribution < -0.4 is 11.1 Å². The topological polar surface area (TPSA) is 113 Å². The number of carbonyl (C=O) groups is 1. The SMILES string of the molecule is Nc1nc(NCC(=O)N2CCCCC2)c2[nH]cnc2n1. The van der Waals surface area contributed by atoms with E-state index in [-0.39, 0.29) is 18.4 Å². The third-order valence-electron chi connectivity index (χ3n) is 3.42. The first-order valence-corrected chi connectivity index (χ1v) is 6.72. The first kappa shape index (κ1) is 12.6. The van der Waals surface area contributed by atoms with E-state index in [1.165, 1.54) is 12.7 Å². The highest BCUT2D eigenvalue weighted by Crippen LogP contribution is 2.17. The number of H-pyrrole nitrogens is 1. The second kappa shape index (κ2) is 5.32. The van der Waals surface area contributed by atoms with E-state index in [9.17, 15) is 4.79 Å². The van der Waals surface area contributed by atoms with Crippen LogP contribution in [0.15, 0.2) is 6.33 Å². The van der Waals surface area contributed by atoms with Gasteiger partial charge in [0.15, 0.2) is 11.5 Å². The maximum absolute atomic E-state index is 12.1. The summed E-state index contributed by atoms with van der Waals surface area (Å²) in [4.78, 5) is 29.1. The van der Waals surface area contributed by atoms with Crippen molar-refractivity contribution < 1.29 is 4.79 Å². The Bertz CT molecular complexity index is 617. The number of hydrogen-bond donors (Lipinski definition) is 3. The molecule has 4 N–H and O–H groups in total. The predicted octanol–water partition coefficient (Wildman–Crippen LogP) is 0.359. The van der Waals surface area contributed by atoms with Crippen LogP contribution in [-0.2, 0) is 4.79 Å². The Morgan fingerprint density at radius 3 is 2.95 bits per heavy atom. The lowest BCUT2D eigenvalue weighted by Crippen LogP contribution is -2.39. The summed E-state index contributed by atoms with van der Waals surface area (Å²) >= 11 is 0. The summed E-state index contributed by atoms with van der Waals surface area (Å²) < 4.78 is 0. The zero-order valence-electron chi connectivity index (χ0n) is 11.1. The van der Waals surface area contributed by atoms with E-state index in [0.29, 0.717) is 17.0 Å².